The van der Waals surface area contributed by atoms with E-state index < -0.39 is 0 Å². The van der Waals surface area contributed by atoms with Crippen LogP contribution in [0.25, 0.3) is 11.1 Å². The minimum absolute atomic E-state index is 0.323. The van der Waals surface area contributed by atoms with E-state index in [0.717, 1.165) is 42.4 Å². The van der Waals surface area contributed by atoms with Gasteiger partial charge in [0.2, 0.25) is 0 Å². The van der Waals surface area contributed by atoms with Gasteiger partial charge in [0.25, 0.3) is 0 Å². The molecule has 1 aromatic heterocycles. The third-order valence-electron chi connectivity index (χ3n) is 4.56. The van der Waals surface area contributed by atoms with Crippen LogP contribution in [0.1, 0.15) is 6.42 Å². The number of anilines is 1. The molecule has 2 fully saturated rings. The van der Waals surface area contributed by atoms with Crippen molar-refractivity contribution in [3.05, 3.63) is 47.5 Å². The highest BCUT2D eigenvalue weighted by molar-refractivity contribution is 6.33. The maximum absolute atomic E-state index is 13.2. The van der Waals surface area contributed by atoms with Gasteiger partial charge in [-0.1, -0.05) is 11.6 Å². The fourth-order valence-corrected chi connectivity index (χ4v) is 3.79. The molecule has 22 heavy (non-hydrogen) atoms. The summed E-state index contributed by atoms with van der Waals surface area (Å²) in [6.07, 6.45) is 4.94. The summed E-state index contributed by atoms with van der Waals surface area (Å²) in [4.78, 5) is 6.74. The molecule has 2 saturated heterocycles. The Morgan fingerprint density at radius 2 is 2.14 bits per heavy atom. The van der Waals surface area contributed by atoms with Gasteiger partial charge in [-0.05, 0) is 36.6 Å². The first-order valence-corrected chi connectivity index (χ1v) is 7.95. The van der Waals surface area contributed by atoms with Gasteiger partial charge < -0.3 is 10.2 Å². The molecule has 114 valence electrons. The molecule has 1 N–H and O–H groups in total. The predicted molar refractivity (Wildman–Crippen MR) is 86.8 cm³/mol. The summed E-state index contributed by atoms with van der Waals surface area (Å²) in [6.45, 7) is 3.18. The van der Waals surface area contributed by atoms with Gasteiger partial charge in [0.05, 0.1) is 16.9 Å². The normalized spacial score (nSPS) is 23.8. The molecule has 0 amide bonds. The fraction of sp³-hybridized carbons (Fsp3) is 0.353. The Bertz CT molecular complexity index is 694. The number of piperidine rings is 1. The van der Waals surface area contributed by atoms with Gasteiger partial charge in [-0.3, -0.25) is 4.98 Å². The standard InChI is InChI=1S/C17H17ClFN3/c18-17-5-13(19)1-2-16(17)12-4-15(8-20-7-12)22-9-11-3-14(10-22)21-6-11/h1-2,4-5,7-8,11,14,21H,3,6,9-10H2. The van der Waals surface area contributed by atoms with Crippen LogP contribution in [-0.4, -0.2) is 30.7 Å². The van der Waals surface area contributed by atoms with Crippen LogP contribution in [0.5, 0.6) is 0 Å². The van der Waals surface area contributed by atoms with Gasteiger partial charge >= 0.3 is 0 Å². The van der Waals surface area contributed by atoms with Gasteiger partial charge in [-0.25, -0.2) is 4.39 Å². The largest absolute Gasteiger partial charge is 0.368 e. The monoisotopic (exact) mass is 317 g/mol. The first-order valence-electron chi connectivity index (χ1n) is 7.58. The molecule has 3 heterocycles. The smallest absolute Gasteiger partial charge is 0.124 e. The molecule has 2 atom stereocenters. The summed E-state index contributed by atoms with van der Waals surface area (Å²) in [7, 11) is 0. The summed E-state index contributed by atoms with van der Waals surface area (Å²) >= 11 is 6.17. The van der Waals surface area contributed by atoms with Gasteiger partial charge in [-0.2, -0.15) is 0 Å². The Kier molecular flexibility index (Phi) is 3.51. The number of nitrogens with one attached hydrogen (secondary N) is 1. The van der Waals surface area contributed by atoms with Crippen LogP contribution in [0.4, 0.5) is 10.1 Å². The van der Waals surface area contributed by atoms with Crippen LogP contribution in [0, 0.1) is 11.7 Å². The van der Waals surface area contributed by atoms with E-state index in [1.807, 2.05) is 6.20 Å². The predicted octanol–water partition coefficient (Wildman–Crippen LogP) is 3.34. The van der Waals surface area contributed by atoms with E-state index >= 15 is 0 Å². The lowest BCUT2D eigenvalue weighted by Crippen LogP contribution is -2.41. The average molecular weight is 318 g/mol. The molecule has 2 bridgehead atoms. The first-order chi connectivity index (χ1) is 10.7. The zero-order valence-corrected chi connectivity index (χ0v) is 12.9. The van der Waals surface area contributed by atoms with Gasteiger partial charge in [-0.15, -0.1) is 0 Å². The maximum atomic E-state index is 13.2. The highest BCUT2D eigenvalue weighted by atomic mass is 35.5. The Hall–Kier alpha value is -1.65. The van der Waals surface area contributed by atoms with Crippen LogP contribution in [0.2, 0.25) is 5.02 Å². The van der Waals surface area contributed by atoms with E-state index in [1.165, 1.54) is 18.6 Å². The van der Waals surface area contributed by atoms with E-state index in [9.17, 15) is 4.39 Å². The molecule has 5 heteroatoms. The van der Waals surface area contributed by atoms with Crippen molar-refractivity contribution in [1.82, 2.24) is 10.3 Å². The number of nitrogens with zero attached hydrogens (tertiary/aromatic N) is 2. The number of rotatable bonds is 2. The van der Waals surface area contributed by atoms with Crippen molar-refractivity contribution in [3.63, 3.8) is 0 Å². The second-order valence-corrected chi connectivity index (χ2v) is 6.58. The van der Waals surface area contributed by atoms with Crippen molar-refractivity contribution in [1.29, 1.82) is 0 Å². The topological polar surface area (TPSA) is 28.2 Å². The summed E-state index contributed by atoms with van der Waals surface area (Å²) in [6, 6.07) is 7.15. The first kappa shape index (κ1) is 14.0. The Morgan fingerprint density at radius 1 is 1.23 bits per heavy atom. The van der Waals surface area contributed by atoms with Crippen molar-refractivity contribution in [3.8, 4) is 11.1 Å². The third-order valence-corrected chi connectivity index (χ3v) is 4.88. The van der Waals surface area contributed by atoms with Crippen molar-refractivity contribution in [2.24, 2.45) is 5.92 Å². The van der Waals surface area contributed by atoms with Crippen LogP contribution < -0.4 is 10.2 Å². The second kappa shape index (κ2) is 5.52. The fourth-order valence-electron chi connectivity index (χ4n) is 3.52. The van der Waals surface area contributed by atoms with Crippen molar-refractivity contribution in [2.75, 3.05) is 24.5 Å². The molecule has 2 aliphatic heterocycles. The number of halogens is 2. The lowest BCUT2D eigenvalue weighted by Gasteiger charge is -2.33. The van der Waals surface area contributed by atoms with Crippen molar-refractivity contribution >= 4 is 17.3 Å². The minimum atomic E-state index is -0.323. The lowest BCUT2D eigenvalue weighted by atomic mass is 9.99. The van der Waals surface area contributed by atoms with E-state index in [4.69, 9.17) is 11.6 Å². The molecule has 0 radical (unpaired) electrons. The SMILES string of the molecule is Fc1ccc(-c2cncc(N3CC4CNC(C4)C3)c2)c(Cl)c1. The van der Waals surface area contributed by atoms with E-state index in [2.05, 4.69) is 21.3 Å². The third kappa shape index (κ3) is 2.57. The molecule has 3 nitrogen and oxygen atoms in total. The zero-order chi connectivity index (χ0) is 15.1. The van der Waals surface area contributed by atoms with Gasteiger partial charge in [0.15, 0.2) is 0 Å². The van der Waals surface area contributed by atoms with E-state index in [0.29, 0.717) is 11.1 Å². The average Bonchev–Trinajstić information content (AvgIpc) is 2.86. The number of pyridine rings is 1. The van der Waals surface area contributed by atoms with Crippen molar-refractivity contribution in [2.45, 2.75) is 12.5 Å². The molecular weight excluding hydrogens is 301 g/mol. The molecular formula is C17H17ClFN3. The molecule has 4 rings (SSSR count). The number of benzene rings is 1. The summed E-state index contributed by atoms with van der Waals surface area (Å²) in [5, 5.41) is 3.97. The van der Waals surface area contributed by atoms with Crippen LogP contribution in [0.3, 0.4) is 0 Å². The number of hydrogen-bond acceptors (Lipinski definition) is 3. The minimum Gasteiger partial charge on any atom is -0.368 e. The molecule has 0 saturated carbocycles. The quantitative estimate of drug-likeness (QED) is 0.921. The van der Waals surface area contributed by atoms with E-state index in [1.54, 1.807) is 12.3 Å². The summed E-state index contributed by atoms with van der Waals surface area (Å²) in [5.74, 6) is 0.397. The number of aromatic nitrogens is 1. The Morgan fingerprint density at radius 3 is 2.95 bits per heavy atom. The molecule has 2 aromatic rings. The Balaban J connectivity index is 1.65. The van der Waals surface area contributed by atoms with Crippen LogP contribution >= 0.6 is 11.6 Å². The van der Waals surface area contributed by atoms with Gasteiger partial charge in [0, 0.05) is 43.0 Å². The zero-order valence-electron chi connectivity index (χ0n) is 12.1. The lowest BCUT2D eigenvalue weighted by molar-refractivity contribution is 0.474. The molecule has 0 spiro atoms. The molecule has 1 aromatic carbocycles. The summed E-state index contributed by atoms with van der Waals surface area (Å²) < 4.78 is 13.2. The second-order valence-electron chi connectivity index (χ2n) is 6.17. The summed E-state index contributed by atoms with van der Waals surface area (Å²) in [5.41, 5.74) is 2.85. The maximum Gasteiger partial charge on any atom is 0.124 e. The number of hydrogen-bond donors (Lipinski definition) is 1. The van der Waals surface area contributed by atoms with Crippen LogP contribution in [0.15, 0.2) is 36.7 Å². The number of fused-ring (bicyclic) bond motifs is 2. The highest BCUT2D eigenvalue weighted by Gasteiger charge is 2.32. The Labute approximate surface area is 134 Å². The van der Waals surface area contributed by atoms with Crippen molar-refractivity contribution < 1.29 is 4.39 Å². The molecule has 2 aliphatic rings. The highest BCUT2D eigenvalue weighted by Crippen LogP contribution is 2.32. The van der Waals surface area contributed by atoms with E-state index in [-0.39, 0.29) is 5.82 Å². The van der Waals surface area contributed by atoms with Gasteiger partial charge in [0.1, 0.15) is 5.82 Å². The molecule has 0 aliphatic carbocycles. The molecule has 2 unspecified atom stereocenters. The van der Waals surface area contributed by atoms with Crippen LogP contribution in [-0.2, 0) is 0 Å².